The summed E-state index contributed by atoms with van der Waals surface area (Å²) in [5, 5.41) is 9.71. The Kier molecular flexibility index (Phi) is 6.40. The van der Waals surface area contributed by atoms with Gasteiger partial charge in [-0.2, -0.15) is 0 Å². The molecule has 0 heterocycles. The molecule has 0 fully saturated rings. The molecule has 0 saturated heterocycles. The highest BCUT2D eigenvalue weighted by Crippen LogP contribution is 2.44. The number of hydrogen-bond acceptors (Lipinski definition) is 4. The standard InChI is InChI=1S/C26H25NO5/c1-2-27(24(25(28)29)17-31-18-10-4-3-5-11-18)26(30)32-16-23-21-14-8-6-12-19(21)20-13-7-9-15-22(20)23/h3-15,23-24H,2,16-17H2,1H3,(H,28,29)/t24-/m0/s1. The lowest BCUT2D eigenvalue weighted by atomic mass is 9.98. The number of carbonyl (C=O) groups excluding carboxylic acids is 1. The van der Waals surface area contributed by atoms with Crippen LogP contribution in [0.5, 0.6) is 5.75 Å². The van der Waals surface area contributed by atoms with Crippen molar-refractivity contribution in [3.8, 4) is 16.9 Å². The Labute approximate surface area is 187 Å². The molecule has 4 rings (SSSR count). The smallest absolute Gasteiger partial charge is 0.410 e. The van der Waals surface area contributed by atoms with Crippen LogP contribution >= 0.6 is 0 Å². The first-order chi connectivity index (χ1) is 15.6. The predicted molar refractivity (Wildman–Crippen MR) is 121 cm³/mol. The van der Waals surface area contributed by atoms with Crippen molar-refractivity contribution >= 4 is 12.1 Å². The number of fused-ring (bicyclic) bond motifs is 3. The Hall–Kier alpha value is -3.80. The van der Waals surface area contributed by atoms with Gasteiger partial charge in [-0.1, -0.05) is 66.7 Å². The van der Waals surface area contributed by atoms with Crippen molar-refractivity contribution in [3.63, 3.8) is 0 Å². The first-order valence-corrected chi connectivity index (χ1v) is 10.6. The minimum atomic E-state index is -1.16. The van der Waals surface area contributed by atoms with E-state index in [1.165, 1.54) is 4.90 Å². The molecule has 0 saturated carbocycles. The Balaban J connectivity index is 1.46. The zero-order valence-electron chi connectivity index (χ0n) is 17.8. The van der Waals surface area contributed by atoms with E-state index in [0.717, 1.165) is 22.3 Å². The van der Waals surface area contributed by atoms with E-state index in [1.54, 1.807) is 31.2 Å². The Bertz CT molecular complexity index is 1050. The molecule has 1 aliphatic rings. The number of ether oxygens (including phenoxy) is 2. The first-order valence-electron chi connectivity index (χ1n) is 10.6. The van der Waals surface area contributed by atoms with Gasteiger partial charge in [0.05, 0.1) is 0 Å². The van der Waals surface area contributed by atoms with E-state index in [9.17, 15) is 14.7 Å². The SMILES string of the molecule is CCN(C(=O)OCC1c2ccccc2-c2ccccc21)[C@@H](COc1ccccc1)C(=O)O. The van der Waals surface area contributed by atoms with Gasteiger partial charge in [0.2, 0.25) is 0 Å². The number of benzene rings is 3. The molecule has 1 N–H and O–H groups in total. The number of hydrogen-bond donors (Lipinski definition) is 1. The molecule has 32 heavy (non-hydrogen) atoms. The summed E-state index contributed by atoms with van der Waals surface area (Å²) in [5.74, 6) is -0.687. The fourth-order valence-electron chi connectivity index (χ4n) is 4.14. The van der Waals surface area contributed by atoms with Gasteiger partial charge in [0.15, 0.2) is 6.04 Å². The summed E-state index contributed by atoms with van der Waals surface area (Å²) >= 11 is 0. The van der Waals surface area contributed by atoms with E-state index in [2.05, 4.69) is 12.1 Å². The molecule has 1 atom stereocenters. The molecule has 164 valence electrons. The molecule has 0 aliphatic heterocycles. The van der Waals surface area contributed by atoms with Gasteiger partial charge in [-0.25, -0.2) is 9.59 Å². The lowest BCUT2D eigenvalue weighted by Gasteiger charge is -2.27. The average molecular weight is 431 g/mol. The maximum Gasteiger partial charge on any atom is 0.410 e. The summed E-state index contributed by atoms with van der Waals surface area (Å²) in [7, 11) is 0. The van der Waals surface area contributed by atoms with Crippen molar-refractivity contribution in [2.75, 3.05) is 19.8 Å². The van der Waals surface area contributed by atoms with E-state index in [-0.39, 0.29) is 25.7 Å². The van der Waals surface area contributed by atoms with Crippen LogP contribution in [0.2, 0.25) is 0 Å². The van der Waals surface area contributed by atoms with Crippen LogP contribution in [0.25, 0.3) is 11.1 Å². The third-order valence-corrected chi connectivity index (χ3v) is 5.72. The van der Waals surface area contributed by atoms with E-state index in [0.29, 0.717) is 5.75 Å². The number of likely N-dealkylation sites (N-methyl/N-ethyl adjacent to an activating group) is 1. The molecule has 3 aromatic carbocycles. The maximum absolute atomic E-state index is 12.9. The van der Waals surface area contributed by atoms with Gasteiger partial charge in [0.1, 0.15) is 19.0 Å². The Morgan fingerprint density at radius 2 is 1.47 bits per heavy atom. The topological polar surface area (TPSA) is 76.1 Å². The monoisotopic (exact) mass is 431 g/mol. The van der Waals surface area contributed by atoms with Gasteiger partial charge >= 0.3 is 12.1 Å². The molecule has 0 aromatic heterocycles. The summed E-state index contributed by atoms with van der Waals surface area (Å²) in [6.07, 6.45) is -0.668. The number of carboxylic acids is 1. The highest BCUT2D eigenvalue weighted by Gasteiger charge is 2.33. The van der Waals surface area contributed by atoms with Crippen LogP contribution in [0, 0.1) is 0 Å². The number of para-hydroxylation sites is 1. The van der Waals surface area contributed by atoms with Gasteiger partial charge in [0.25, 0.3) is 0 Å². The van der Waals surface area contributed by atoms with E-state index < -0.39 is 18.1 Å². The summed E-state index contributed by atoms with van der Waals surface area (Å²) in [6.45, 7) is 1.87. The van der Waals surface area contributed by atoms with Crippen molar-refractivity contribution < 1.29 is 24.2 Å². The third-order valence-electron chi connectivity index (χ3n) is 5.72. The van der Waals surface area contributed by atoms with Crippen LogP contribution in [0.3, 0.4) is 0 Å². The number of nitrogens with zero attached hydrogens (tertiary/aromatic N) is 1. The number of carbonyl (C=O) groups is 2. The minimum absolute atomic E-state index is 0.0890. The molecule has 0 unspecified atom stereocenters. The summed E-state index contributed by atoms with van der Waals surface area (Å²) < 4.78 is 11.2. The molecular weight excluding hydrogens is 406 g/mol. The second-order valence-electron chi connectivity index (χ2n) is 7.57. The lowest BCUT2D eigenvalue weighted by Crippen LogP contribution is -2.48. The van der Waals surface area contributed by atoms with Crippen molar-refractivity contribution in [1.82, 2.24) is 4.90 Å². The van der Waals surface area contributed by atoms with E-state index in [1.807, 2.05) is 42.5 Å². The first kappa shape index (κ1) is 21.4. The second kappa shape index (κ2) is 9.56. The molecular formula is C26H25NO5. The zero-order chi connectivity index (χ0) is 22.5. The molecule has 0 bridgehead atoms. The van der Waals surface area contributed by atoms with Crippen molar-refractivity contribution in [3.05, 3.63) is 90.0 Å². The summed E-state index contributed by atoms with van der Waals surface area (Å²) in [6, 6.07) is 23.9. The van der Waals surface area contributed by atoms with Gasteiger partial charge < -0.3 is 14.6 Å². The number of carboxylic acid groups (broad SMARTS) is 1. The van der Waals surface area contributed by atoms with Crippen LogP contribution in [0.15, 0.2) is 78.9 Å². The molecule has 6 heteroatoms. The van der Waals surface area contributed by atoms with Gasteiger partial charge in [0, 0.05) is 12.5 Å². The van der Waals surface area contributed by atoms with Crippen molar-refractivity contribution in [2.45, 2.75) is 18.9 Å². The largest absolute Gasteiger partial charge is 0.491 e. The quantitative estimate of drug-likeness (QED) is 0.555. The number of rotatable bonds is 8. The molecule has 0 spiro atoms. The maximum atomic E-state index is 12.9. The zero-order valence-corrected chi connectivity index (χ0v) is 17.8. The third kappa shape index (κ3) is 4.30. The Morgan fingerprint density at radius 1 is 0.906 bits per heavy atom. The van der Waals surface area contributed by atoms with Crippen LogP contribution < -0.4 is 4.74 Å². The van der Waals surface area contributed by atoms with Crippen LogP contribution in [0.1, 0.15) is 24.0 Å². The summed E-state index contributed by atoms with van der Waals surface area (Å²) in [5.41, 5.74) is 4.48. The van der Waals surface area contributed by atoms with Gasteiger partial charge in [-0.15, -0.1) is 0 Å². The van der Waals surface area contributed by atoms with Gasteiger partial charge in [-0.3, -0.25) is 4.90 Å². The fraction of sp³-hybridized carbons (Fsp3) is 0.231. The van der Waals surface area contributed by atoms with Crippen LogP contribution in [-0.2, 0) is 9.53 Å². The van der Waals surface area contributed by atoms with Crippen LogP contribution in [-0.4, -0.2) is 47.9 Å². The van der Waals surface area contributed by atoms with Crippen molar-refractivity contribution in [1.29, 1.82) is 0 Å². The highest BCUT2D eigenvalue weighted by molar-refractivity contribution is 5.81. The van der Waals surface area contributed by atoms with E-state index >= 15 is 0 Å². The predicted octanol–water partition coefficient (Wildman–Crippen LogP) is 4.79. The molecule has 6 nitrogen and oxygen atoms in total. The van der Waals surface area contributed by atoms with E-state index in [4.69, 9.17) is 9.47 Å². The van der Waals surface area contributed by atoms with Crippen LogP contribution in [0.4, 0.5) is 4.79 Å². The highest BCUT2D eigenvalue weighted by atomic mass is 16.6. The summed E-state index contributed by atoms with van der Waals surface area (Å²) in [4.78, 5) is 26.0. The second-order valence-corrected chi connectivity index (χ2v) is 7.57. The molecule has 1 amide bonds. The average Bonchev–Trinajstić information content (AvgIpc) is 3.14. The van der Waals surface area contributed by atoms with Gasteiger partial charge in [-0.05, 0) is 41.3 Å². The molecule has 1 aliphatic carbocycles. The van der Waals surface area contributed by atoms with Crippen molar-refractivity contribution in [2.24, 2.45) is 0 Å². The molecule has 3 aromatic rings. The fourth-order valence-corrected chi connectivity index (χ4v) is 4.14. The lowest BCUT2D eigenvalue weighted by molar-refractivity contribution is -0.143. The minimum Gasteiger partial charge on any atom is -0.491 e. The number of aliphatic carboxylic acids is 1. The normalized spacial score (nSPS) is 13.0. The number of amides is 1. The molecule has 0 radical (unpaired) electrons. The Morgan fingerprint density at radius 3 is 2.03 bits per heavy atom.